The fourth-order valence-electron chi connectivity index (χ4n) is 2.95. The van der Waals surface area contributed by atoms with Crippen molar-refractivity contribution in [3.63, 3.8) is 0 Å². The second-order valence-corrected chi connectivity index (χ2v) is 5.54. The minimum Gasteiger partial charge on any atom is -0.465 e. The second kappa shape index (κ2) is 5.76. The number of nitrogens with zero attached hydrogens (tertiary/aromatic N) is 1. The molecule has 2 aliphatic rings. The third-order valence-electron chi connectivity index (χ3n) is 4.05. The number of hydrogen-bond donors (Lipinski definition) is 2. The first-order chi connectivity index (χ1) is 10.6. The Balaban J connectivity index is 1.60. The molecule has 0 unspecified atom stereocenters. The average Bonchev–Trinajstić information content (AvgIpc) is 3.05. The number of hydroxylamine groups is 2. The van der Waals surface area contributed by atoms with Crippen LogP contribution in [0.1, 0.15) is 40.0 Å². The van der Waals surface area contributed by atoms with Gasteiger partial charge in [-0.15, -0.1) is 5.06 Å². The molecule has 0 saturated heterocycles. The predicted molar refractivity (Wildman–Crippen MR) is 75.2 cm³/mol. The molecular formula is C15H16N2O5. The molecule has 1 aromatic rings. The molecule has 1 aliphatic heterocycles. The molecule has 0 spiro atoms. The van der Waals surface area contributed by atoms with E-state index in [1.807, 2.05) is 0 Å². The largest absolute Gasteiger partial charge is 0.465 e. The third-order valence-corrected chi connectivity index (χ3v) is 4.05. The van der Waals surface area contributed by atoms with Gasteiger partial charge in [0.05, 0.1) is 17.2 Å². The van der Waals surface area contributed by atoms with Gasteiger partial charge in [0, 0.05) is 6.54 Å². The summed E-state index contributed by atoms with van der Waals surface area (Å²) < 4.78 is 0. The van der Waals surface area contributed by atoms with Crippen LogP contribution in [0.3, 0.4) is 0 Å². The molecular weight excluding hydrogens is 288 g/mol. The van der Waals surface area contributed by atoms with Crippen molar-refractivity contribution < 1.29 is 24.3 Å². The molecule has 1 aliphatic carbocycles. The molecule has 0 radical (unpaired) electrons. The second-order valence-electron chi connectivity index (χ2n) is 5.54. The molecule has 0 aromatic heterocycles. The smallest absolute Gasteiger partial charge is 0.404 e. The number of carbonyl (C=O) groups excluding carboxylic acids is 2. The lowest BCUT2D eigenvalue weighted by atomic mass is 10.1. The topological polar surface area (TPSA) is 95.9 Å². The van der Waals surface area contributed by atoms with Crippen LogP contribution in [0.2, 0.25) is 0 Å². The highest BCUT2D eigenvalue weighted by atomic mass is 16.7. The lowest BCUT2D eigenvalue weighted by molar-refractivity contribution is -0.130. The van der Waals surface area contributed by atoms with E-state index in [0.717, 1.165) is 11.5 Å². The third kappa shape index (κ3) is 2.67. The van der Waals surface area contributed by atoms with Crippen molar-refractivity contribution in [1.29, 1.82) is 0 Å². The van der Waals surface area contributed by atoms with Crippen LogP contribution in [0.15, 0.2) is 24.3 Å². The Bertz CT molecular complexity index is 595. The number of carboxylic acid groups (broad SMARTS) is 1. The minimum atomic E-state index is -1.05. The molecule has 116 valence electrons. The highest BCUT2D eigenvalue weighted by molar-refractivity contribution is 6.20. The van der Waals surface area contributed by atoms with Crippen molar-refractivity contribution >= 4 is 17.9 Å². The SMILES string of the molecule is O=C(O)NC[C@H]1CC[C@H](ON2C(=O)c3ccccc3C2=O)C1. The molecule has 1 heterocycles. The highest BCUT2D eigenvalue weighted by Gasteiger charge is 2.39. The van der Waals surface area contributed by atoms with Gasteiger partial charge in [-0.1, -0.05) is 12.1 Å². The van der Waals surface area contributed by atoms with Crippen LogP contribution < -0.4 is 5.32 Å². The van der Waals surface area contributed by atoms with Crippen LogP contribution in [0.4, 0.5) is 4.79 Å². The summed E-state index contributed by atoms with van der Waals surface area (Å²) >= 11 is 0. The monoisotopic (exact) mass is 304 g/mol. The van der Waals surface area contributed by atoms with Crippen LogP contribution in [0.25, 0.3) is 0 Å². The summed E-state index contributed by atoms with van der Waals surface area (Å²) in [4.78, 5) is 40.4. The average molecular weight is 304 g/mol. The fourth-order valence-corrected chi connectivity index (χ4v) is 2.95. The van der Waals surface area contributed by atoms with E-state index in [0.29, 0.717) is 30.5 Å². The number of rotatable bonds is 4. The molecule has 2 atom stereocenters. The van der Waals surface area contributed by atoms with Crippen molar-refractivity contribution in [3.8, 4) is 0 Å². The molecule has 7 nitrogen and oxygen atoms in total. The van der Waals surface area contributed by atoms with E-state index < -0.39 is 17.9 Å². The van der Waals surface area contributed by atoms with E-state index in [1.54, 1.807) is 24.3 Å². The molecule has 2 N–H and O–H groups in total. The molecule has 1 aromatic carbocycles. The maximum Gasteiger partial charge on any atom is 0.404 e. The van der Waals surface area contributed by atoms with Gasteiger partial charge < -0.3 is 10.4 Å². The van der Waals surface area contributed by atoms with Crippen molar-refractivity contribution in [2.75, 3.05) is 6.54 Å². The van der Waals surface area contributed by atoms with Gasteiger partial charge in [-0.2, -0.15) is 0 Å². The van der Waals surface area contributed by atoms with Crippen LogP contribution in [0, 0.1) is 5.92 Å². The van der Waals surface area contributed by atoms with Gasteiger partial charge in [0.25, 0.3) is 11.8 Å². The summed E-state index contributed by atoms with van der Waals surface area (Å²) in [5.41, 5.74) is 0.712. The highest BCUT2D eigenvalue weighted by Crippen LogP contribution is 2.31. The quantitative estimate of drug-likeness (QED) is 0.825. The number of fused-ring (bicyclic) bond motifs is 1. The number of imide groups is 1. The first kappa shape index (κ1) is 14.5. The van der Waals surface area contributed by atoms with Crippen molar-refractivity contribution in [2.24, 2.45) is 5.92 Å². The standard InChI is InChI=1S/C15H16N2O5/c18-13-11-3-1-2-4-12(11)14(19)17(13)22-10-6-5-9(7-10)8-16-15(20)21/h1-4,9-10,16H,5-8H2,(H,20,21)/t9-,10-/m0/s1. The molecule has 3 rings (SSSR count). The summed E-state index contributed by atoms with van der Waals surface area (Å²) in [5.74, 6) is -0.711. The number of nitrogens with one attached hydrogen (secondary N) is 1. The number of hydrogen-bond acceptors (Lipinski definition) is 4. The number of amides is 3. The summed E-state index contributed by atoms with van der Waals surface area (Å²) in [5, 5.41) is 11.8. The van der Waals surface area contributed by atoms with Gasteiger partial charge in [0.15, 0.2) is 0 Å². The van der Waals surface area contributed by atoms with Crippen LogP contribution >= 0.6 is 0 Å². The Morgan fingerprint density at radius 1 is 1.23 bits per heavy atom. The molecule has 1 fully saturated rings. The minimum absolute atomic E-state index is 0.163. The Labute approximate surface area is 126 Å². The van der Waals surface area contributed by atoms with Crippen molar-refractivity contribution in [3.05, 3.63) is 35.4 Å². The first-order valence-electron chi connectivity index (χ1n) is 7.17. The zero-order valence-corrected chi connectivity index (χ0v) is 11.8. The normalized spacial score (nSPS) is 23.7. The van der Waals surface area contributed by atoms with Gasteiger partial charge in [-0.05, 0) is 37.3 Å². The molecule has 0 bridgehead atoms. The van der Waals surface area contributed by atoms with Gasteiger partial charge in [0.2, 0.25) is 0 Å². The Morgan fingerprint density at radius 3 is 2.45 bits per heavy atom. The predicted octanol–water partition coefficient (Wildman–Crippen LogP) is 1.65. The summed E-state index contributed by atoms with van der Waals surface area (Å²) in [6, 6.07) is 6.62. The Morgan fingerprint density at radius 2 is 1.86 bits per heavy atom. The Hall–Kier alpha value is -2.41. The van der Waals surface area contributed by atoms with Gasteiger partial charge >= 0.3 is 6.09 Å². The Kier molecular flexibility index (Phi) is 3.81. The van der Waals surface area contributed by atoms with Crippen LogP contribution in [-0.2, 0) is 4.84 Å². The van der Waals surface area contributed by atoms with E-state index in [9.17, 15) is 14.4 Å². The fraction of sp³-hybridized carbons (Fsp3) is 0.400. The van der Waals surface area contributed by atoms with Gasteiger partial charge in [0.1, 0.15) is 0 Å². The first-order valence-corrected chi connectivity index (χ1v) is 7.17. The van der Waals surface area contributed by atoms with E-state index in [2.05, 4.69) is 5.32 Å². The van der Waals surface area contributed by atoms with Gasteiger partial charge in [-0.3, -0.25) is 14.4 Å². The number of benzene rings is 1. The van der Waals surface area contributed by atoms with Crippen LogP contribution in [-0.4, -0.2) is 40.7 Å². The lowest BCUT2D eigenvalue weighted by Gasteiger charge is -2.18. The summed E-state index contributed by atoms with van der Waals surface area (Å²) in [6.07, 6.45) is 0.814. The maximum atomic E-state index is 12.2. The molecule has 7 heteroatoms. The zero-order valence-electron chi connectivity index (χ0n) is 11.8. The molecule has 22 heavy (non-hydrogen) atoms. The molecule has 1 saturated carbocycles. The summed E-state index contributed by atoms with van der Waals surface area (Å²) in [7, 11) is 0. The van der Waals surface area contributed by atoms with E-state index in [1.165, 1.54) is 0 Å². The maximum absolute atomic E-state index is 12.2. The van der Waals surface area contributed by atoms with Crippen molar-refractivity contribution in [2.45, 2.75) is 25.4 Å². The zero-order chi connectivity index (χ0) is 15.7. The number of carbonyl (C=O) groups is 3. The molecule has 3 amide bonds. The lowest BCUT2D eigenvalue weighted by Crippen LogP contribution is -2.34. The van der Waals surface area contributed by atoms with Crippen molar-refractivity contribution in [1.82, 2.24) is 10.4 Å². The van der Waals surface area contributed by atoms with Gasteiger partial charge in [-0.25, -0.2) is 4.79 Å². The van der Waals surface area contributed by atoms with E-state index in [-0.39, 0.29) is 12.0 Å². The van der Waals surface area contributed by atoms with E-state index >= 15 is 0 Å². The van der Waals surface area contributed by atoms with E-state index in [4.69, 9.17) is 9.94 Å². The summed E-state index contributed by atoms with van der Waals surface area (Å²) in [6.45, 7) is 0.358. The van der Waals surface area contributed by atoms with Crippen LogP contribution in [0.5, 0.6) is 0 Å².